The third kappa shape index (κ3) is 3.19. The molecular weight excluding hydrogens is 314 g/mol. The molecule has 0 saturated heterocycles. The minimum Gasteiger partial charge on any atom is -0.305 e. The van der Waals surface area contributed by atoms with Crippen molar-refractivity contribution in [2.24, 2.45) is 0 Å². The van der Waals surface area contributed by atoms with E-state index in [-0.39, 0.29) is 0 Å². The zero-order valence-corrected chi connectivity index (χ0v) is 13.2. The van der Waals surface area contributed by atoms with E-state index in [1.165, 1.54) is 19.1 Å². The summed E-state index contributed by atoms with van der Waals surface area (Å²) >= 11 is 7.29. The van der Waals surface area contributed by atoms with Crippen molar-refractivity contribution in [3.05, 3.63) is 42.7 Å². The van der Waals surface area contributed by atoms with E-state index in [9.17, 15) is 0 Å². The van der Waals surface area contributed by atoms with Crippen molar-refractivity contribution >= 4 is 38.6 Å². The van der Waals surface area contributed by atoms with E-state index >= 15 is 0 Å². The molecule has 0 aliphatic carbocycles. The number of aryl methyl sites for hydroxylation is 1. The van der Waals surface area contributed by atoms with Gasteiger partial charge in [0, 0.05) is 19.1 Å². The van der Waals surface area contributed by atoms with Crippen LogP contribution in [0.5, 0.6) is 0 Å². The molecular formula is C13H16BrNS2. The first kappa shape index (κ1) is 13.3. The van der Waals surface area contributed by atoms with Crippen LogP contribution in [0, 0.1) is 6.92 Å². The molecule has 17 heavy (non-hydrogen) atoms. The monoisotopic (exact) mass is 329 g/mol. The van der Waals surface area contributed by atoms with Crippen LogP contribution in [0.2, 0.25) is 0 Å². The van der Waals surface area contributed by atoms with E-state index in [0.29, 0.717) is 6.04 Å². The van der Waals surface area contributed by atoms with E-state index in [1.54, 1.807) is 0 Å². The fourth-order valence-corrected chi connectivity index (χ4v) is 4.26. The van der Waals surface area contributed by atoms with Gasteiger partial charge in [0.15, 0.2) is 0 Å². The molecule has 0 aliphatic heterocycles. The maximum absolute atomic E-state index is 3.63. The molecule has 0 spiro atoms. The summed E-state index contributed by atoms with van der Waals surface area (Å²) in [6.45, 7) is 5.41. The van der Waals surface area contributed by atoms with Gasteiger partial charge in [-0.25, -0.2) is 0 Å². The lowest BCUT2D eigenvalue weighted by atomic mass is 10.2. The van der Waals surface area contributed by atoms with Gasteiger partial charge in [0.05, 0.1) is 6.04 Å². The van der Waals surface area contributed by atoms with Crippen molar-refractivity contribution in [2.75, 3.05) is 6.54 Å². The molecule has 1 N–H and O–H groups in total. The lowest BCUT2D eigenvalue weighted by Gasteiger charge is -2.15. The van der Waals surface area contributed by atoms with E-state index in [2.05, 4.69) is 58.7 Å². The van der Waals surface area contributed by atoms with Gasteiger partial charge < -0.3 is 5.32 Å². The van der Waals surface area contributed by atoms with Crippen molar-refractivity contribution < 1.29 is 0 Å². The van der Waals surface area contributed by atoms with Crippen LogP contribution in [0.3, 0.4) is 0 Å². The number of hydrogen-bond donors (Lipinski definition) is 1. The van der Waals surface area contributed by atoms with Gasteiger partial charge in [-0.15, -0.1) is 22.7 Å². The van der Waals surface area contributed by atoms with Gasteiger partial charge in [0.1, 0.15) is 0 Å². The highest BCUT2D eigenvalue weighted by atomic mass is 79.9. The molecule has 0 bridgehead atoms. The molecule has 2 rings (SSSR count). The first-order valence-electron chi connectivity index (χ1n) is 5.75. The molecule has 2 aromatic rings. The highest BCUT2D eigenvalue weighted by Crippen LogP contribution is 2.35. The summed E-state index contributed by atoms with van der Waals surface area (Å²) in [5.74, 6) is 0. The number of halogens is 1. The standard InChI is InChI=1S/C13H16BrNS2/c1-3-6-15-13(11-5-4-7-16-11)12-8-10(14)9(2)17-12/h4-5,7-8,13,15H,3,6H2,1-2H3. The maximum atomic E-state index is 3.63. The number of nitrogens with one attached hydrogen (secondary N) is 1. The minimum atomic E-state index is 0.352. The van der Waals surface area contributed by atoms with E-state index in [4.69, 9.17) is 0 Å². The Balaban J connectivity index is 2.26. The summed E-state index contributed by atoms with van der Waals surface area (Å²) in [7, 11) is 0. The van der Waals surface area contributed by atoms with Gasteiger partial charge in [0.2, 0.25) is 0 Å². The molecule has 0 radical (unpaired) electrons. The molecule has 92 valence electrons. The van der Waals surface area contributed by atoms with Gasteiger partial charge in [0.25, 0.3) is 0 Å². The Kier molecular flexibility index (Phi) is 4.79. The van der Waals surface area contributed by atoms with E-state index in [0.717, 1.165) is 13.0 Å². The third-order valence-corrected chi connectivity index (χ3v) is 5.73. The molecule has 4 heteroatoms. The Morgan fingerprint density at radius 3 is 2.76 bits per heavy atom. The second kappa shape index (κ2) is 6.14. The molecule has 2 heterocycles. The third-order valence-electron chi connectivity index (χ3n) is 2.59. The first-order valence-corrected chi connectivity index (χ1v) is 8.24. The molecule has 1 nitrogen and oxygen atoms in total. The Bertz CT molecular complexity index is 442. The van der Waals surface area contributed by atoms with Crippen LogP contribution in [-0.4, -0.2) is 6.54 Å². The Morgan fingerprint density at radius 2 is 2.24 bits per heavy atom. The summed E-state index contributed by atoms with van der Waals surface area (Å²) in [4.78, 5) is 4.14. The highest BCUT2D eigenvalue weighted by Gasteiger charge is 2.17. The first-order chi connectivity index (χ1) is 8.22. The van der Waals surface area contributed by atoms with Gasteiger partial charge in [-0.2, -0.15) is 0 Å². The quantitative estimate of drug-likeness (QED) is 0.816. The van der Waals surface area contributed by atoms with Crippen LogP contribution in [0.25, 0.3) is 0 Å². The smallest absolute Gasteiger partial charge is 0.0765 e. The van der Waals surface area contributed by atoms with Gasteiger partial charge in [-0.05, 0) is 53.3 Å². The Labute approximate surface area is 119 Å². The second-order valence-corrected chi connectivity index (χ2v) is 7.08. The van der Waals surface area contributed by atoms with Gasteiger partial charge in [-0.1, -0.05) is 13.0 Å². The lowest BCUT2D eigenvalue weighted by molar-refractivity contribution is 0.613. The normalized spacial score (nSPS) is 12.9. The van der Waals surface area contributed by atoms with Crippen molar-refractivity contribution in [1.82, 2.24) is 5.32 Å². The molecule has 0 amide bonds. The summed E-state index contributed by atoms with van der Waals surface area (Å²) in [6, 6.07) is 6.93. The molecule has 2 aromatic heterocycles. The summed E-state index contributed by atoms with van der Waals surface area (Å²) in [6.07, 6.45) is 1.16. The van der Waals surface area contributed by atoms with Crippen molar-refractivity contribution in [1.29, 1.82) is 0 Å². The Hall–Kier alpha value is -0.160. The SMILES string of the molecule is CCCNC(c1cccs1)c1cc(Br)c(C)s1. The summed E-state index contributed by atoms with van der Waals surface area (Å²) in [5, 5.41) is 5.77. The second-order valence-electron chi connectivity index (χ2n) is 3.96. The average Bonchev–Trinajstić information content (AvgIpc) is 2.92. The summed E-state index contributed by atoms with van der Waals surface area (Å²) in [5.41, 5.74) is 0. The van der Waals surface area contributed by atoms with Crippen molar-refractivity contribution in [3.63, 3.8) is 0 Å². The predicted octanol–water partition coefficient (Wildman–Crippen LogP) is 4.97. The average molecular weight is 330 g/mol. The number of hydrogen-bond acceptors (Lipinski definition) is 3. The molecule has 1 atom stereocenters. The predicted molar refractivity (Wildman–Crippen MR) is 81.2 cm³/mol. The Morgan fingerprint density at radius 1 is 1.41 bits per heavy atom. The van der Waals surface area contributed by atoms with Crippen LogP contribution >= 0.6 is 38.6 Å². The molecule has 0 fully saturated rings. The minimum absolute atomic E-state index is 0.352. The number of rotatable bonds is 5. The molecule has 0 aromatic carbocycles. The van der Waals surface area contributed by atoms with Crippen LogP contribution < -0.4 is 5.32 Å². The molecule has 1 unspecified atom stereocenters. The van der Waals surface area contributed by atoms with Crippen molar-refractivity contribution in [2.45, 2.75) is 26.3 Å². The number of thiophene rings is 2. The fourth-order valence-electron chi connectivity index (χ4n) is 1.71. The fraction of sp³-hybridized carbons (Fsp3) is 0.385. The summed E-state index contributed by atoms with van der Waals surface area (Å²) < 4.78 is 1.22. The topological polar surface area (TPSA) is 12.0 Å². The maximum Gasteiger partial charge on any atom is 0.0765 e. The van der Waals surface area contributed by atoms with Gasteiger partial charge in [-0.3, -0.25) is 0 Å². The van der Waals surface area contributed by atoms with Crippen LogP contribution in [0.1, 0.15) is 34.0 Å². The van der Waals surface area contributed by atoms with Crippen LogP contribution in [0.4, 0.5) is 0 Å². The highest BCUT2D eigenvalue weighted by molar-refractivity contribution is 9.10. The van der Waals surface area contributed by atoms with Crippen molar-refractivity contribution in [3.8, 4) is 0 Å². The zero-order valence-electron chi connectivity index (χ0n) is 10.00. The van der Waals surface area contributed by atoms with E-state index in [1.807, 2.05) is 22.7 Å². The molecule has 0 saturated carbocycles. The zero-order chi connectivity index (χ0) is 12.3. The lowest BCUT2D eigenvalue weighted by Crippen LogP contribution is -2.21. The van der Waals surface area contributed by atoms with Gasteiger partial charge >= 0.3 is 0 Å². The van der Waals surface area contributed by atoms with Crippen LogP contribution in [-0.2, 0) is 0 Å². The molecule has 0 aliphatic rings. The largest absolute Gasteiger partial charge is 0.305 e. The van der Waals surface area contributed by atoms with Crippen LogP contribution in [0.15, 0.2) is 28.1 Å². The van der Waals surface area contributed by atoms with E-state index < -0.39 is 0 Å².